The van der Waals surface area contributed by atoms with Gasteiger partial charge in [-0.25, -0.2) is 0 Å². The van der Waals surface area contributed by atoms with Crippen LogP contribution in [0.25, 0.3) is 11.0 Å². The van der Waals surface area contributed by atoms with Gasteiger partial charge >= 0.3 is 0 Å². The topological polar surface area (TPSA) is 93.2 Å². The summed E-state index contributed by atoms with van der Waals surface area (Å²) in [4.78, 5) is 4.39. The van der Waals surface area contributed by atoms with Crippen molar-refractivity contribution in [3.05, 3.63) is 82.2 Å². The first kappa shape index (κ1) is 30.1. The monoisotopic (exact) mass is 565 g/mol. The smallest absolute Gasteiger partial charge is 0.206 e. The number of nitriles is 2. The number of aryl methyl sites for hydroxylation is 1. The van der Waals surface area contributed by atoms with Crippen LogP contribution in [-0.4, -0.2) is 37.2 Å². The van der Waals surface area contributed by atoms with Crippen LogP contribution >= 0.6 is 24.8 Å². The van der Waals surface area contributed by atoms with E-state index < -0.39 is 0 Å². The molecule has 0 bridgehead atoms. The maximum absolute atomic E-state index is 9.09. The summed E-state index contributed by atoms with van der Waals surface area (Å²) >= 11 is 0. The van der Waals surface area contributed by atoms with Crippen LogP contribution in [0.3, 0.4) is 0 Å². The van der Waals surface area contributed by atoms with Gasteiger partial charge in [-0.1, -0.05) is 23.4 Å². The van der Waals surface area contributed by atoms with Gasteiger partial charge in [0.25, 0.3) is 0 Å². The zero-order valence-corrected chi connectivity index (χ0v) is 23.9. The highest BCUT2D eigenvalue weighted by molar-refractivity contribution is 5.86. The van der Waals surface area contributed by atoms with Gasteiger partial charge in [-0.3, -0.25) is 0 Å². The van der Waals surface area contributed by atoms with Gasteiger partial charge in [-0.15, -0.1) is 24.8 Å². The van der Waals surface area contributed by atoms with Crippen LogP contribution in [0.15, 0.2) is 57.5 Å². The molecule has 5 rings (SSSR count). The molecular formula is C30H33Cl2N5O2. The molecule has 1 aliphatic rings. The van der Waals surface area contributed by atoms with Crippen molar-refractivity contribution in [1.29, 1.82) is 10.5 Å². The Morgan fingerprint density at radius 2 is 1.72 bits per heavy atom. The van der Waals surface area contributed by atoms with Crippen LogP contribution in [-0.2, 0) is 19.4 Å². The molecule has 7 nitrogen and oxygen atoms in total. The second-order valence-electron chi connectivity index (χ2n) is 10.2. The second-order valence-corrected chi connectivity index (χ2v) is 10.2. The van der Waals surface area contributed by atoms with Crippen molar-refractivity contribution in [2.75, 3.05) is 32.1 Å². The fraction of sp³-hybridized carbons (Fsp3) is 0.367. The van der Waals surface area contributed by atoms with Gasteiger partial charge in [0.2, 0.25) is 5.76 Å². The number of furan rings is 1. The van der Waals surface area contributed by atoms with E-state index >= 15 is 0 Å². The minimum Gasteiger partial charge on any atom is -0.430 e. The van der Waals surface area contributed by atoms with Crippen molar-refractivity contribution < 1.29 is 8.94 Å². The molecule has 0 radical (unpaired) electrons. The predicted octanol–water partition coefficient (Wildman–Crippen LogP) is 6.51. The molecule has 2 aromatic heterocycles. The average Bonchev–Trinajstić information content (AvgIpc) is 3.57. The molecule has 1 saturated heterocycles. The summed E-state index contributed by atoms with van der Waals surface area (Å²) in [7, 11) is 4.13. The molecular weight excluding hydrogens is 533 g/mol. The van der Waals surface area contributed by atoms with Gasteiger partial charge < -0.3 is 18.7 Å². The fourth-order valence-corrected chi connectivity index (χ4v) is 5.24. The summed E-state index contributed by atoms with van der Waals surface area (Å²) in [5.74, 6) is 1.79. The van der Waals surface area contributed by atoms with E-state index in [-0.39, 0.29) is 24.8 Å². The highest BCUT2D eigenvalue weighted by atomic mass is 35.5. The van der Waals surface area contributed by atoms with Crippen LogP contribution in [0.2, 0.25) is 0 Å². The van der Waals surface area contributed by atoms with Crippen molar-refractivity contribution in [1.82, 2.24) is 10.1 Å². The summed E-state index contributed by atoms with van der Waals surface area (Å²) in [5, 5.41) is 23.7. The first-order chi connectivity index (χ1) is 18.0. The number of halogens is 2. The van der Waals surface area contributed by atoms with Crippen molar-refractivity contribution in [2.24, 2.45) is 5.92 Å². The van der Waals surface area contributed by atoms with Crippen LogP contribution in [0.5, 0.6) is 0 Å². The minimum absolute atomic E-state index is 0. The summed E-state index contributed by atoms with van der Waals surface area (Å²) in [6, 6.07) is 20.0. The molecule has 9 heteroatoms. The molecule has 0 atom stereocenters. The Hall–Kier alpha value is -3.49. The minimum atomic E-state index is 0. The van der Waals surface area contributed by atoms with E-state index in [1.54, 1.807) is 6.07 Å². The standard InChI is InChI=1S/C30H31N5O2.2ClH/c1-34(2)20-27-24(17-22-3-5-23(18-31)6-4-22)8-10-26-28(33-37-30(26)27)11-7-21-13-15-35(16-14-21)29-12-9-25(19-32)36-29;;/h3-6,8-10,12,21H,7,11,13-17,20H2,1-2H3;2*1H. The lowest BCUT2D eigenvalue weighted by molar-refractivity contribution is 0.363. The Balaban J connectivity index is 0.00000210. The van der Waals surface area contributed by atoms with Gasteiger partial charge in [0, 0.05) is 36.7 Å². The first-order valence-corrected chi connectivity index (χ1v) is 12.8. The largest absolute Gasteiger partial charge is 0.430 e. The van der Waals surface area contributed by atoms with Crippen molar-refractivity contribution in [3.63, 3.8) is 0 Å². The Bertz CT molecular complexity index is 1460. The number of rotatable bonds is 8. The highest BCUT2D eigenvalue weighted by Crippen LogP contribution is 2.31. The average molecular weight is 567 g/mol. The molecule has 1 fully saturated rings. The number of nitrogens with zero attached hydrogens (tertiary/aromatic N) is 5. The van der Waals surface area contributed by atoms with Crippen molar-refractivity contribution in [2.45, 2.75) is 38.6 Å². The van der Waals surface area contributed by atoms with E-state index in [1.807, 2.05) is 30.3 Å². The molecule has 0 amide bonds. The molecule has 0 N–H and O–H groups in total. The molecule has 0 unspecified atom stereocenters. The Morgan fingerprint density at radius 1 is 0.974 bits per heavy atom. The van der Waals surface area contributed by atoms with Gasteiger partial charge in [0.15, 0.2) is 11.5 Å². The second kappa shape index (κ2) is 13.5. The van der Waals surface area contributed by atoms with Crippen molar-refractivity contribution in [3.8, 4) is 12.1 Å². The predicted molar refractivity (Wildman–Crippen MR) is 157 cm³/mol. The van der Waals surface area contributed by atoms with Gasteiger partial charge in [-0.05, 0) is 87.5 Å². The summed E-state index contributed by atoms with van der Waals surface area (Å²) in [6.45, 7) is 2.65. The SMILES string of the molecule is CN(C)Cc1c(Cc2ccc(C#N)cc2)ccc2c(CCC3CCN(c4ccc(C#N)o4)CC3)noc12.Cl.Cl. The quantitative estimate of drug-likeness (QED) is 0.240. The lowest BCUT2D eigenvalue weighted by Gasteiger charge is -2.31. The van der Waals surface area contributed by atoms with Crippen LogP contribution in [0.1, 0.15) is 53.0 Å². The molecule has 4 aromatic rings. The van der Waals surface area contributed by atoms with Crippen LogP contribution in [0, 0.1) is 28.6 Å². The first-order valence-electron chi connectivity index (χ1n) is 12.8. The number of hydrogen-bond donors (Lipinski definition) is 0. The third kappa shape index (κ3) is 6.94. The van der Waals surface area contributed by atoms with Crippen LogP contribution < -0.4 is 4.90 Å². The molecule has 39 heavy (non-hydrogen) atoms. The zero-order valence-electron chi connectivity index (χ0n) is 22.2. The number of fused-ring (bicyclic) bond motifs is 1. The third-order valence-electron chi connectivity index (χ3n) is 7.29. The van der Waals surface area contributed by atoms with E-state index in [2.05, 4.69) is 53.3 Å². The van der Waals surface area contributed by atoms with Crippen LogP contribution in [0.4, 0.5) is 5.88 Å². The van der Waals surface area contributed by atoms with Gasteiger partial charge in [0.05, 0.1) is 17.3 Å². The lowest BCUT2D eigenvalue weighted by atomic mass is 9.90. The van der Waals surface area contributed by atoms with E-state index in [9.17, 15) is 0 Å². The third-order valence-corrected chi connectivity index (χ3v) is 7.29. The lowest BCUT2D eigenvalue weighted by Crippen LogP contribution is -2.33. The number of anilines is 1. The number of hydrogen-bond acceptors (Lipinski definition) is 7. The van der Waals surface area contributed by atoms with Gasteiger partial charge in [-0.2, -0.15) is 10.5 Å². The van der Waals surface area contributed by atoms with E-state index in [0.29, 0.717) is 17.2 Å². The maximum atomic E-state index is 9.09. The van der Waals surface area contributed by atoms with Gasteiger partial charge in [0.1, 0.15) is 6.07 Å². The molecule has 1 aliphatic heterocycles. The Labute approximate surface area is 241 Å². The number of aromatic nitrogens is 1. The Kier molecular flexibility index (Phi) is 10.4. The van der Waals surface area contributed by atoms with Crippen molar-refractivity contribution >= 4 is 41.7 Å². The summed E-state index contributed by atoms with van der Waals surface area (Å²) in [5.41, 5.74) is 6.16. The fourth-order valence-electron chi connectivity index (χ4n) is 5.24. The molecule has 204 valence electrons. The summed E-state index contributed by atoms with van der Waals surface area (Å²) in [6.07, 6.45) is 4.95. The highest BCUT2D eigenvalue weighted by Gasteiger charge is 2.23. The molecule has 3 heterocycles. The zero-order chi connectivity index (χ0) is 25.8. The normalized spacial score (nSPS) is 13.5. The van der Waals surface area contributed by atoms with E-state index in [4.69, 9.17) is 19.5 Å². The number of piperidine rings is 1. The molecule has 0 saturated carbocycles. The molecule has 0 aliphatic carbocycles. The Morgan fingerprint density at radius 3 is 2.36 bits per heavy atom. The maximum Gasteiger partial charge on any atom is 0.206 e. The van der Waals surface area contributed by atoms with E-state index in [0.717, 1.165) is 74.3 Å². The number of benzene rings is 2. The molecule has 2 aromatic carbocycles. The summed E-state index contributed by atoms with van der Waals surface area (Å²) < 4.78 is 11.6. The molecule has 0 spiro atoms. The van der Waals surface area contributed by atoms with E-state index in [1.165, 1.54) is 16.7 Å².